The van der Waals surface area contributed by atoms with Crippen molar-refractivity contribution in [1.29, 1.82) is 0 Å². The summed E-state index contributed by atoms with van der Waals surface area (Å²) in [6, 6.07) is 2.17. The molecule has 0 spiro atoms. The number of nitrogens with one attached hydrogen (secondary N) is 1. The molecule has 0 bridgehead atoms. The lowest BCUT2D eigenvalue weighted by Gasteiger charge is -2.21. The summed E-state index contributed by atoms with van der Waals surface area (Å²) in [7, 11) is 0. The molecular formula is C18H24N2O3. The average molecular weight is 316 g/mol. The molecule has 4 rings (SSSR count). The van der Waals surface area contributed by atoms with Gasteiger partial charge in [0.1, 0.15) is 11.5 Å². The van der Waals surface area contributed by atoms with Crippen LogP contribution < -0.4 is 14.8 Å². The number of carbonyl (C=O) groups is 1. The summed E-state index contributed by atoms with van der Waals surface area (Å²) in [6.45, 7) is 3.73. The van der Waals surface area contributed by atoms with E-state index in [2.05, 4.69) is 11.4 Å². The summed E-state index contributed by atoms with van der Waals surface area (Å²) in [4.78, 5) is 14.4. The Balaban J connectivity index is 1.50. The predicted molar refractivity (Wildman–Crippen MR) is 87.1 cm³/mol. The van der Waals surface area contributed by atoms with Crippen LogP contribution in [0, 0.1) is 0 Å². The molecule has 1 fully saturated rings. The van der Waals surface area contributed by atoms with E-state index in [-0.39, 0.29) is 6.03 Å². The molecule has 124 valence electrons. The molecule has 0 radical (unpaired) electrons. The summed E-state index contributed by atoms with van der Waals surface area (Å²) in [5, 5.41) is 3.11. The highest BCUT2D eigenvalue weighted by Gasteiger charge is 2.27. The number of benzene rings is 1. The van der Waals surface area contributed by atoms with Gasteiger partial charge in [0.2, 0.25) is 0 Å². The third kappa shape index (κ3) is 2.84. The van der Waals surface area contributed by atoms with Crippen LogP contribution in [0.25, 0.3) is 0 Å². The molecule has 3 aliphatic rings. The predicted octanol–water partition coefficient (Wildman–Crippen LogP) is 2.64. The van der Waals surface area contributed by atoms with Crippen molar-refractivity contribution in [1.82, 2.24) is 10.2 Å². The summed E-state index contributed by atoms with van der Waals surface area (Å²) in [5.41, 5.74) is 3.54. The normalized spacial score (nSPS) is 19.4. The fourth-order valence-corrected chi connectivity index (χ4v) is 3.82. The molecule has 0 aromatic heterocycles. The minimum Gasteiger partial charge on any atom is -0.493 e. The second-order valence-electron chi connectivity index (χ2n) is 6.58. The van der Waals surface area contributed by atoms with Crippen LogP contribution in [0.3, 0.4) is 0 Å². The zero-order valence-electron chi connectivity index (χ0n) is 13.5. The number of amides is 2. The molecule has 0 aliphatic carbocycles. The van der Waals surface area contributed by atoms with Crippen molar-refractivity contribution in [3.63, 3.8) is 0 Å². The Morgan fingerprint density at radius 1 is 1.09 bits per heavy atom. The van der Waals surface area contributed by atoms with Crippen LogP contribution in [0.15, 0.2) is 6.07 Å². The summed E-state index contributed by atoms with van der Waals surface area (Å²) in [5.74, 6) is 1.96. The van der Waals surface area contributed by atoms with Gasteiger partial charge in [-0.05, 0) is 18.9 Å². The SMILES string of the molecule is O=C(NCc1c2c(cc3c1OCC3)OCC2)N1CCCCCC1. The van der Waals surface area contributed by atoms with E-state index in [0.29, 0.717) is 6.54 Å². The number of likely N-dealkylation sites (tertiary alicyclic amines) is 1. The van der Waals surface area contributed by atoms with Crippen molar-refractivity contribution in [3.05, 3.63) is 22.8 Å². The molecule has 3 heterocycles. The number of fused-ring (bicyclic) bond motifs is 2. The van der Waals surface area contributed by atoms with Gasteiger partial charge in [0.15, 0.2) is 0 Å². The van der Waals surface area contributed by atoms with Gasteiger partial charge in [-0.15, -0.1) is 0 Å². The molecular weight excluding hydrogens is 292 g/mol. The quantitative estimate of drug-likeness (QED) is 0.912. The van der Waals surface area contributed by atoms with Crippen molar-refractivity contribution < 1.29 is 14.3 Å². The summed E-state index contributed by atoms with van der Waals surface area (Å²) in [6.07, 6.45) is 6.52. The van der Waals surface area contributed by atoms with Gasteiger partial charge in [-0.1, -0.05) is 12.8 Å². The molecule has 0 saturated carbocycles. The molecule has 0 unspecified atom stereocenters. The van der Waals surface area contributed by atoms with Gasteiger partial charge in [0.05, 0.1) is 13.2 Å². The number of ether oxygens (including phenoxy) is 2. The Hall–Kier alpha value is -1.91. The number of rotatable bonds is 2. The molecule has 5 heteroatoms. The van der Waals surface area contributed by atoms with Crippen LogP contribution in [0.1, 0.15) is 42.4 Å². The van der Waals surface area contributed by atoms with Gasteiger partial charge < -0.3 is 19.7 Å². The number of urea groups is 1. The second kappa shape index (κ2) is 6.30. The van der Waals surface area contributed by atoms with Crippen molar-refractivity contribution in [2.24, 2.45) is 0 Å². The molecule has 1 aromatic rings. The lowest BCUT2D eigenvalue weighted by Crippen LogP contribution is -2.40. The van der Waals surface area contributed by atoms with Gasteiger partial charge in [-0.25, -0.2) is 4.79 Å². The molecule has 1 aromatic carbocycles. The van der Waals surface area contributed by atoms with Crippen molar-refractivity contribution >= 4 is 6.03 Å². The average Bonchev–Trinajstić information content (AvgIpc) is 3.13. The maximum Gasteiger partial charge on any atom is 0.317 e. The third-order valence-electron chi connectivity index (χ3n) is 5.07. The van der Waals surface area contributed by atoms with Gasteiger partial charge >= 0.3 is 6.03 Å². The Bertz CT molecular complexity index is 575. The number of hydrogen-bond acceptors (Lipinski definition) is 3. The first-order valence-electron chi connectivity index (χ1n) is 8.79. The lowest BCUT2D eigenvalue weighted by molar-refractivity contribution is 0.199. The fraction of sp³-hybridized carbons (Fsp3) is 0.611. The van der Waals surface area contributed by atoms with E-state index in [0.717, 1.165) is 69.0 Å². The molecule has 1 saturated heterocycles. The van der Waals surface area contributed by atoms with Crippen LogP contribution >= 0.6 is 0 Å². The van der Waals surface area contributed by atoms with E-state index in [1.165, 1.54) is 24.0 Å². The van der Waals surface area contributed by atoms with Crippen molar-refractivity contribution in [2.75, 3.05) is 26.3 Å². The topological polar surface area (TPSA) is 50.8 Å². The highest BCUT2D eigenvalue weighted by Crippen LogP contribution is 2.40. The maximum atomic E-state index is 12.5. The summed E-state index contributed by atoms with van der Waals surface area (Å²) >= 11 is 0. The highest BCUT2D eigenvalue weighted by atomic mass is 16.5. The Morgan fingerprint density at radius 3 is 2.70 bits per heavy atom. The van der Waals surface area contributed by atoms with Crippen LogP contribution in [-0.2, 0) is 19.4 Å². The van der Waals surface area contributed by atoms with Crippen LogP contribution in [0.2, 0.25) is 0 Å². The lowest BCUT2D eigenvalue weighted by atomic mass is 9.99. The van der Waals surface area contributed by atoms with E-state index in [1.807, 2.05) is 4.90 Å². The minimum absolute atomic E-state index is 0.0511. The van der Waals surface area contributed by atoms with Crippen LogP contribution in [0.4, 0.5) is 4.79 Å². The summed E-state index contributed by atoms with van der Waals surface area (Å²) < 4.78 is 11.6. The largest absolute Gasteiger partial charge is 0.493 e. The van der Waals surface area contributed by atoms with E-state index in [9.17, 15) is 4.79 Å². The maximum absolute atomic E-state index is 12.5. The van der Waals surface area contributed by atoms with Crippen LogP contribution in [-0.4, -0.2) is 37.2 Å². The molecule has 23 heavy (non-hydrogen) atoms. The van der Waals surface area contributed by atoms with E-state index in [1.54, 1.807) is 0 Å². The molecule has 3 aliphatic heterocycles. The van der Waals surface area contributed by atoms with Gasteiger partial charge in [0.25, 0.3) is 0 Å². The Morgan fingerprint density at radius 2 is 1.87 bits per heavy atom. The van der Waals surface area contributed by atoms with E-state index >= 15 is 0 Å². The Kier molecular flexibility index (Phi) is 4.02. The smallest absolute Gasteiger partial charge is 0.317 e. The first kappa shape index (κ1) is 14.7. The molecule has 2 amide bonds. The van der Waals surface area contributed by atoms with E-state index in [4.69, 9.17) is 9.47 Å². The van der Waals surface area contributed by atoms with Gasteiger partial charge in [0, 0.05) is 49.2 Å². The molecule has 5 nitrogen and oxygen atoms in total. The zero-order valence-corrected chi connectivity index (χ0v) is 13.5. The molecule has 1 N–H and O–H groups in total. The zero-order chi connectivity index (χ0) is 15.6. The third-order valence-corrected chi connectivity index (χ3v) is 5.07. The minimum atomic E-state index is 0.0511. The van der Waals surface area contributed by atoms with Crippen LogP contribution in [0.5, 0.6) is 11.5 Å². The second-order valence-corrected chi connectivity index (χ2v) is 6.58. The van der Waals surface area contributed by atoms with Crippen molar-refractivity contribution in [2.45, 2.75) is 45.1 Å². The first-order chi connectivity index (χ1) is 11.3. The monoisotopic (exact) mass is 316 g/mol. The standard InChI is InChI=1S/C18H24N2O3/c21-18(20-7-3-1-2-4-8-20)19-12-15-14-6-10-22-16(14)11-13-5-9-23-17(13)15/h11H,1-10,12H2,(H,19,21). The van der Waals surface area contributed by atoms with Gasteiger partial charge in [-0.2, -0.15) is 0 Å². The highest BCUT2D eigenvalue weighted by molar-refractivity contribution is 5.74. The molecule has 0 atom stereocenters. The first-order valence-corrected chi connectivity index (χ1v) is 8.79. The van der Waals surface area contributed by atoms with Gasteiger partial charge in [-0.3, -0.25) is 0 Å². The van der Waals surface area contributed by atoms with Crippen molar-refractivity contribution in [3.8, 4) is 11.5 Å². The Labute approximate surface area is 136 Å². The fourth-order valence-electron chi connectivity index (χ4n) is 3.82. The number of nitrogens with zero attached hydrogens (tertiary/aromatic N) is 1. The number of hydrogen-bond donors (Lipinski definition) is 1. The number of carbonyl (C=O) groups excluding carboxylic acids is 1. The van der Waals surface area contributed by atoms with E-state index < -0.39 is 0 Å².